The number of benzene rings is 3. The molecule has 36 heavy (non-hydrogen) atoms. The Morgan fingerprint density at radius 1 is 1.00 bits per heavy atom. The van der Waals surface area contributed by atoms with Gasteiger partial charge in [-0.05, 0) is 74.4 Å². The van der Waals surface area contributed by atoms with E-state index in [2.05, 4.69) is 36.2 Å². The molecule has 0 bridgehead atoms. The zero-order valence-electron chi connectivity index (χ0n) is 20.6. The molecule has 0 unspecified atom stereocenters. The van der Waals surface area contributed by atoms with E-state index in [-0.39, 0.29) is 10.6 Å². The van der Waals surface area contributed by atoms with Crippen molar-refractivity contribution in [3.05, 3.63) is 82.4 Å². The van der Waals surface area contributed by atoms with Crippen molar-refractivity contribution < 1.29 is 17.9 Å². The lowest BCUT2D eigenvalue weighted by Gasteiger charge is -2.36. The number of rotatable bonds is 7. The summed E-state index contributed by atoms with van der Waals surface area (Å²) < 4.78 is 34.2. The summed E-state index contributed by atoms with van der Waals surface area (Å²) in [5.41, 5.74) is 4.21. The third kappa shape index (κ3) is 5.51. The topological polar surface area (TPSA) is 79.0 Å². The van der Waals surface area contributed by atoms with Gasteiger partial charge in [0.2, 0.25) is 10.0 Å². The summed E-state index contributed by atoms with van der Waals surface area (Å²) in [6.45, 7) is 8.29. The van der Waals surface area contributed by atoms with E-state index in [4.69, 9.17) is 16.3 Å². The second kappa shape index (κ2) is 10.9. The Hall–Kier alpha value is -3.07. The summed E-state index contributed by atoms with van der Waals surface area (Å²) in [4.78, 5) is 15.1. The Kier molecular flexibility index (Phi) is 7.88. The maximum absolute atomic E-state index is 13.5. The number of halogens is 1. The van der Waals surface area contributed by atoms with Crippen molar-refractivity contribution in [3.8, 4) is 5.75 Å². The molecular weight excluding hydrogens is 498 g/mol. The number of hydrogen-bond acceptors (Lipinski definition) is 5. The smallest absolute Gasteiger partial charge is 0.255 e. The average molecular weight is 528 g/mol. The largest absolute Gasteiger partial charge is 0.492 e. The van der Waals surface area contributed by atoms with Gasteiger partial charge in [-0.3, -0.25) is 4.79 Å². The number of hydrogen-bond donors (Lipinski definition) is 1. The van der Waals surface area contributed by atoms with E-state index in [0.717, 1.165) is 5.69 Å². The third-order valence-electron chi connectivity index (χ3n) is 6.38. The summed E-state index contributed by atoms with van der Waals surface area (Å²) in [7, 11) is -3.77. The number of carbonyl (C=O) groups excluding carboxylic acids is 1. The number of amides is 1. The number of sulfonamides is 1. The summed E-state index contributed by atoms with van der Waals surface area (Å²) in [5, 5.41) is 3.21. The highest BCUT2D eigenvalue weighted by molar-refractivity contribution is 7.89. The van der Waals surface area contributed by atoms with Crippen LogP contribution in [0.4, 0.5) is 11.4 Å². The number of nitrogens with zero attached hydrogens (tertiary/aromatic N) is 2. The molecule has 7 nitrogen and oxygen atoms in total. The number of aryl methyl sites for hydroxylation is 1. The van der Waals surface area contributed by atoms with Crippen LogP contribution < -0.4 is 15.0 Å². The quantitative estimate of drug-likeness (QED) is 0.461. The molecule has 3 aromatic carbocycles. The summed E-state index contributed by atoms with van der Waals surface area (Å²) in [6.07, 6.45) is 0. The first-order valence-electron chi connectivity index (χ1n) is 11.9. The monoisotopic (exact) mass is 527 g/mol. The van der Waals surface area contributed by atoms with Gasteiger partial charge in [0.25, 0.3) is 5.91 Å². The van der Waals surface area contributed by atoms with Crippen molar-refractivity contribution in [1.82, 2.24) is 4.31 Å². The molecule has 0 saturated carbocycles. The zero-order chi connectivity index (χ0) is 25.9. The van der Waals surface area contributed by atoms with E-state index >= 15 is 0 Å². The molecule has 1 heterocycles. The lowest BCUT2D eigenvalue weighted by Crippen LogP contribution is -2.48. The van der Waals surface area contributed by atoms with E-state index < -0.39 is 15.9 Å². The van der Waals surface area contributed by atoms with Crippen LogP contribution in [0, 0.1) is 13.8 Å². The molecule has 0 atom stereocenters. The molecule has 1 N–H and O–H groups in total. The van der Waals surface area contributed by atoms with Gasteiger partial charge in [0.05, 0.1) is 17.2 Å². The number of nitrogens with one attached hydrogen (secondary N) is 1. The van der Waals surface area contributed by atoms with Crippen molar-refractivity contribution in [1.29, 1.82) is 0 Å². The molecule has 0 aromatic heterocycles. The maximum atomic E-state index is 13.5. The van der Waals surface area contributed by atoms with Crippen molar-refractivity contribution in [2.75, 3.05) is 43.0 Å². The fourth-order valence-electron chi connectivity index (χ4n) is 4.27. The Morgan fingerprint density at radius 2 is 1.72 bits per heavy atom. The first-order valence-corrected chi connectivity index (χ1v) is 13.7. The molecule has 1 amide bonds. The minimum absolute atomic E-state index is 0.104. The number of anilines is 2. The van der Waals surface area contributed by atoms with Crippen LogP contribution in [0.5, 0.6) is 5.75 Å². The summed E-state index contributed by atoms with van der Waals surface area (Å²) in [5.74, 6) is -0.0123. The molecule has 0 spiro atoms. The van der Waals surface area contributed by atoms with Crippen LogP contribution in [0.3, 0.4) is 0 Å². The number of piperazine rings is 1. The van der Waals surface area contributed by atoms with E-state index in [9.17, 15) is 13.2 Å². The molecule has 4 rings (SSSR count). The van der Waals surface area contributed by atoms with Gasteiger partial charge in [0.15, 0.2) is 0 Å². The molecule has 9 heteroatoms. The number of ether oxygens (including phenoxy) is 1. The van der Waals surface area contributed by atoms with Crippen molar-refractivity contribution in [2.24, 2.45) is 0 Å². The molecule has 190 valence electrons. The zero-order valence-corrected chi connectivity index (χ0v) is 22.2. The highest BCUT2D eigenvalue weighted by Crippen LogP contribution is 2.31. The Morgan fingerprint density at radius 3 is 2.42 bits per heavy atom. The Balaban J connectivity index is 1.55. The average Bonchev–Trinajstić information content (AvgIpc) is 2.87. The van der Waals surface area contributed by atoms with Crippen LogP contribution in [0.1, 0.15) is 28.4 Å². The van der Waals surface area contributed by atoms with Gasteiger partial charge < -0.3 is 15.0 Å². The second-order valence-corrected chi connectivity index (χ2v) is 11.0. The molecule has 3 aromatic rings. The van der Waals surface area contributed by atoms with Crippen molar-refractivity contribution in [3.63, 3.8) is 0 Å². The molecule has 1 aliphatic heterocycles. The van der Waals surface area contributed by atoms with E-state index in [1.54, 1.807) is 30.3 Å². The molecule has 1 aliphatic rings. The lowest BCUT2D eigenvalue weighted by atomic mass is 10.1. The van der Waals surface area contributed by atoms with Gasteiger partial charge >= 0.3 is 0 Å². The molecule has 0 radical (unpaired) electrons. The molecule has 1 saturated heterocycles. The van der Waals surface area contributed by atoms with E-state index in [1.807, 2.05) is 13.0 Å². The van der Waals surface area contributed by atoms with Crippen LogP contribution in [0.15, 0.2) is 65.6 Å². The predicted octanol–water partition coefficient (Wildman–Crippen LogP) is 5.12. The first-order chi connectivity index (χ1) is 17.2. The fourth-order valence-corrected chi connectivity index (χ4v) is 5.91. The van der Waals surface area contributed by atoms with Crippen LogP contribution in [0.2, 0.25) is 5.02 Å². The Bertz CT molecular complexity index is 1370. The standard InChI is InChI=1S/C27H30ClN3O4S/c1-4-35-26-12-11-23(18-24(26)29-27(32)21-8-6-9-22(28)17-21)36(33,34)31-15-13-30(14-16-31)25-10-5-7-19(2)20(25)3/h5-12,17-18H,4,13-16H2,1-3H3,(H,29,32). The van der Waals surface area contributed by atoms with Gasteiger partial charge in [0.1, 0.15) is 5.75 Å². The minimum Gasteiger partial charge on any atom is -0.492 e. The third-order valence-corrected chi connectivity index (χ3v) is 8.51. The molecule has 1 fully saturated rings. The fraction of sp³-hybridized carbons (Fsp3) is 0.296. The van der Waals surface area contributed by atoms with Gasteiger partial charge in [-0.15, -0.1) is 0 Å². The van der Waals surface area contributed by atoms with Crippen LogP contribution in [-0.4, -0.2) is 51.4 Å². The number of carbonyl (C=O) groups is 1. The van der Waals surface area contributed by atoms with Crippen molar-refractivity contribution >= 4 is 38.9 Å². The highest BCUT2D eigenvalue weighted by atomic mass is 35.5. The van der Waals surface area contributed by atoms with Crippen LogP contribution >= 0.6 is 11.6 Å². The molecular formula is C27H30ClN3O4S. The molecule has 0 aliphatic carbocycles. The maximum Gasteiger partial charge on any atom is 0.255 e. The lowest BCUT2D eigenvalue weighted by molar-refractivity contribution is 0.102. The first kappa shape index (κ1) is 26.0. The van der Waals surface area contributed by atoms with Gasteiger partial charge in [-0.25, -0.2) is 8.42 Å². The van der Waals surface area contributed by atoms with Gasteiger partial charge in [-0.2, -0.15) is 4.31 Å². The normalized spacial score (nSPS) is 14.5. The Labute approximate surface area is 217 Å². The van der Waals surface area contributed by atoms with E-state index in [1.165, 1.54) is 27.6 Å². The predicted molar refractivity (Wildman–Crippen MR) is 144 cm³/mol. The summed E-state index contributed by atoms with van der Waals surface area (Å²) >= 11 is 6.02. The SMILES string of the molecule is CCOc1ccc(S(=O)(=O)N2CCN(c3cccc(C)c3C)CC2)cc1NC(=O)c1cccc(Cl)c1. The highest BCUT2D eigenvalue weighted by Gasteiger charge is 2.30. The summed E-state index contributed by atoms with van der Waals surface area (Å²) in [6, 6.07) is 17.3. The van der Waals surface area contributed by atoms with Gasteiger partial charge in [0, 0.05) is 42.5 Å². The van der Waals surface area contributed by atoms with Crippen LogP contribution in [-0.2, 0) is 10.0 Å². The van der Waals surface area contributed by atoms with Crippen molar-refractivity contribution in [2.45, 2.75) is 25.7 Å². The van der Waals surface area contributed by atoms with Crippen LogP contribution in [0.25, 0.3) is 0 Å². The van der Waals surface area contributed by atoms with Gasteiger partial charge in [-0.1, -0.05) is 29.8 Å². The minimum atomic E-state index is -3.77. The second-order valence-electron chi connectivity index (χ2n) is 8.67. The van der Waals surface area contributed by atoms with E-state index in [0.29, 0.717) is 49.1 Å².